The summed E-state index contributed by atoms with van der Waals surface area (Å²) in [5.74, 6) is -0.131. The van der Waals surface area contributed by atoms with Crippen molar-refractivity contribution in [3.8, 4) is 0 Å². The fraction of sp³-hybridized carbons (Fsp3) is 0.536. The number of nitrogens with zero attached hydrogens (tertiary/aromatic N) is 6. The Morgan fingerprint density at radius 2 is 1.76 bits per heavy atom. The van der Waals surface area contributed by atoms with Crippen LogP contribution < -0.4 is 10.8 Å². The van der Waals surface area contributed by atoms with E-state index in [1.807, 2.05) is 11.0 Å². The number of alkyl halides is 3. The maximum absolute atomic E-state index is 14.0. The van der Waals surface area contributed by atoms with Crippen molar-refractivity contribution >= 4 is 22.8 Å². The molecule has 2 aliphatic heterocycles. The highest BCUT2D eigenvalue weighted by atomic mass is 19.4. The van der Waals surface area contributed by atoms with E-state index in [9.17, 15) is 27.2 Å². The Kier molecular flexibility index (Phi) is 8.52. The third kappa shape index (κ3) is 6.66. The van der Waals surface area contributed by atoms with Crippen LogP contribution in [0.5, 0.6) is 0 Å². The predicted octanol–water partition coefficient (Wildman–Crippen LogP) is 3.49. The van der Waals surface area contributed by atoms with Gasteiger partial charge in [-0.15, -0.1) is 0 Å². The van der Waals surface area contributed by atoms with Crippen LogP contribution in [0.15, 0.2) is 41.3 Å². The Labute approximate surface area is 234 Å². The smallest absolute Gasteiger partial charge is 0.389 e. The van der Waals surface area contributed by atoms with Crippen molar-refractivity contribution in [3.05, 3.63) is 63.9 Å². The molecule has 3 aromatic rings. The maximum Gasteiger partial charge on any atom is 0.389 e. The number of hydrogen-bond acceptors (Lipinski definition) is 4. The number of imidazole rings is 1. The first kappa shape index (κ1) is 28.9. The van der Waals surface area contributed by atoms with Crippen molar-refractivity contribution in [1.82, 2.24) is 23.9 Å². The molecule has 4 heterocycles. The summed E-state index contributed by atoms with van der Waals surface area (Å²) in [6.45, 7) is 3.06. The number of aromatic nitrogens is 3. The van der Waals surface area contributed by atoms with E-state index in [0.29, 0.717) is 43.8 Å². The van der Waals surface area contributed by atoms with Gasteiger partial charge in [-0.05, 0) is 75.0 Å². The van der Waals surface area contributed by atoms with Gasteiger partial charge in [0, 0.05) is 50.6 Å². The molecule has 2 aromatic heterocycles. The molecule has 9 nitrogen and oxygen atoms in total. The molecule has 2 aliphatic rings. The predicted molar refractivity (Wildman–Crippen MR) is 143 cm³/mol. The summed E-state index contributed by atoms with van der Waals surface area (Å²) >= 11 is 0. The largest absolute Gasteiger partial charge is 0.614 e. The lowest BCUT2D eigenvalue weighted by Crippen LogP contribution is -2.55. The number of carbonyl (C=O) groups is 1. The van der Waals surface area contributed by atoms with Crippen molar-refractivity contribution < 1.29 is 27.5 Å². The molecule has 0 unspecified atom stereocenters. The molecule has 0 bridgehead atoms. The van der Waals surface area contributed by atoms with Gasteiger partial charge in [0.1, 0.15) is 12.0 Å². The lowest BCUT2D eigenvalue weighted by Gasteiger charge is -2.37. The summed E-state index contributed by atoms with van der Waals surface area (Å²) in [5, 5.41) is 2.05. The minimum atomic E-state index is -4.33. The van der Waals surface area contributed by atoms with Crippen LogP contribution in [0.25, 0.3) is 16.6 Å². The monoisotopic (exact) mass is 575 g/mol. The molecule has 2 saturated heterocycles. The minimum Gasteiger partial charge on any atom is -0.614 e. The van der Waals surface area contributed by atoms with E-state index in [1.54, 1.807) is 16.8 Å². The first-order valence-electron chi connectivity index (χ1n) is 14.0. The van der Waals surface area contributed by atoms with Crippen LogP contribution in [0.1, 0.15) is 50.1 Å². The highest BCUT2D eigenvalue weighted by Gasteiger charge is 2.33. The molecular weight excluding hydrogens is 542 g/mol. The molecule has 5 rings (SSSR count). The zero-order valence-electron chi connectivity index (χ0n) is 22.6. The van der Waals surface area contributed by atoms with Crippen LogP contribution in [0.4, 0.5) is 23.4 Å². The second-order valence-corrected chi connectivity index (χ2v) is 10.9. The van der Waals surface area contributed by atoms with Gasteiger partial charge >= 0.3 is 17.7 Å². The first-order chi connectivity index (χ1) is 19.6. The summed E-state index contributed by atoms with van der Waals surface area (Å²) in [6.07, 6.45) is -1.44. The van der Waals surface area contributed by atoms with E-state index in [-0.39, 0.29) is 36.3 Å². The SMILES string of the molecule is [N-]=[NH+]c1cc(CN2CCC(C(=O)N3CCC(n4c(=O)n(CCCC(F)(F)F)c5cc(F)ccc54)CC3)CC2)ccn1. The molecule has 220 valence electrons. The Morgan fingerprint density at radius 3 is 2.44 bits per heavy atom. The normalized spacial score (nSPS) is 17.8. The van der Waals surface area contributed by atoms with Gasteiger partial charge in [-0.2, -0.15) is 13.2 Å². The second-order valence-electron chi connectivity index (χ2n) is 10.9. The van der Waals surface area contributed by atoms with Crippen LogP contribution in [-0.4, -0.2) is 62.2 Å². The van der Waals surface area contributed by atoms with Gasteiger partial charge in [0.15, 0.2) is 0 Å². The lowest BCUT2D eigenvalue weighted by atomic mass is 9.93. The number of halogens is 4. The van der Waals surface area contributed by atoms with Crippen LogP contribution in [0, 0.1) is 11.7 Å². The Balaban J connectivity index is 1.19. The highest BCUT2D eigenvalue weighted by molar-refractivity contribution is 5.79. The number of rotatable bonds is 8. The van der Waals surface area contributed by atoms with E-state index in [1.165, 1.54) is 22.8 Å². The topological polar surface area (TPSA) is 99.6 Å². The van der Waals surface area contributed by atoms with E-state index in [2.05, 4.69) is 15.0 Å². The van der Waals surface area contributed by atoms with Crippen LogP contribution in [0.3, 0.4) is 0 Å². The number of hydrogen-bond donors (Lipinski definition) is 1. The number of carbonyl (C=O) groups excluding carboxylic acids is 1. The molecule has 0 saturated carbocycles. The molecule has 0 spiro atoms. The van der Waals surface area contributed by atoms with Crippen molar-refractivity contribution in [1.29, 1.82) is 0 Å². The summed E-state index contributed by atoms with van der Waals surface area (Å²) in [6, 6.07) is 7.39. The minimum absolute atomic E-state index is 0.0730. The fourth-order valence-corrected chi connectivity index (χ4v) is 6.09. The van der Waals surface area contributed by atoms with Crippen molar-refractivity contribution in [3.63, 3.8) is 0 Å². The van der Waals surface area contributed by atoms with Gasteiger partial charge in [0.2, 0.25) is 5.91 Å². The molecule has 13 heteroatoms. The van der Waals surface area contributed by atoms with Crippen LogP contribution in [-0.2, 0) is 17.9 Å². The van der Waals surface area contributed by atoms with Gasteiger partial charge in [-0.25, -0.2) is 9.18 Å². The highest BCUT2D eigenvalue weighted by Crippen LogP contribution is 2.29. The third-order valence-electron chi connectivity index (χ3n) is 8.19. The quantitative estimate of drug-likeness (QED) is 0.328. The number of nitrogens with one attached hydrogen (secondary N) is 1. The Hall–Kier alpha value is -3.61. The van der Waals surface area contributed by atoms with Gasteiger partial charge in [0.05, 0.1) is 11.0 Å². The average Bonchev–Trinajstić information content (AvgIpc) is 3.22. The summed E-state index contributed by atoms with van der Waals surface area (Å²) in [5.41, 5.74) is 10.4. The molecule has 2 fully saturated rings. The van der Waals surface area contributed by atoms with Gasteiger partial charge in [-0.1, -0.05) is 4.98 Å². The average molecular weight is 576 g/mol. The number of piperidine rings is 2. The summed E-state index contributed by atoms with van der Waals surface area (Å²) < 4.78 is 54.9. The molecule has 1 amide bonds. The van der Waals surface area contributed by atoms with E-state index in [0.717, 1.165) is 31.5 Å². The maximum atomic E-state index is 14.0. The first-order valence-corrected chi connectivity index (χ1v) is 14.0. The zero-order chi connectivity index (χ0) is 29.1. The molecule has 1 aromatic carbocycles. The Bertz CT molecular complexity index is 1450. The lowest BCUT2D eigenvalue weighted by molar-refractivity contribution is -0.384. The Morgan fingerprint density at radius 1 is 1.02 bits per heavy atom. The number of pyridine rings is 1. The molecule has 1 N–H and O–H groups in total. The van der Waals surface area contributed by atoms with Crippen LogP contribution in [0.2, 0.25) is 0 Å². The molecular formula is C28H33F4N7O2. The number of likely N-dealkylation sites (tertiary alicyclic amines) is 2. The van der Waals surface area contributed by atoms with E-state index < -0.39 is 24.1 Å². The summed E-state index contributed by atoms with van der Waals surface area (Å²) in [4.78, 5) is 34.8. The zero-order valence-corrected chi connectivity index (χ0v) is 22.6. The molecule has 0 radical (unpaired) electrons. The van der Waals surface area contributed by atoms with Gasteiger partial charge < -0.3 is 15.5 Å². The van der Waals surface area contributed by atoms with E-state index >= 15 is 0 Å². The third-order valence-corrected chi connectivity index (χ3v) is 8.19. The van der Waals surface area contributed by atoms with E-state index in [4.69, 9.17) is 5.53 Å². The molecule has 41 heavy (non-hydrogen) atoms. The van der Waals surface area contributed by atoms with Crippen molar-refractivity contribution in [2.45, 2.75) is 63.8 Å². The van der Waals surface area contributed by atoms with Gasteiger partial charge in [-0.3, -0.25) is 18.8 Å². The molecule has 0 atom stereocenters. The molecule has 0 aliphatic carbocycles. The van der Waals surface area contributed by atoms with Crippen molar-refractivity contribution in [2.24, 2.45) is 5.92 Å². The van der Waals surface area contributed by atoms with Crippen LogP contribution >= 0.6 is 0 Å². The standard InChI is InChI=1S/C28H33F4N7O2/c29-21-2-3-23-24(17-21)38(11-1-9-28(30,31)32)27(41)39(23)22-7-14-37(15-8-22)26(40)20-5-12-36(13-6-20)18-19-4-10-34-25(16-19)35-33/h2-4,10,16-17,20,22,35H,1,5-9,11-15,18H2. The number of benzene rings is 1. The number of fused-ring (bicyclic) bond motifs is 1. The number of aryl methyl sites for hydroxylation is 1. The fourth-order valence-electron chi connectivity index (χ4n) is 6.09. The second kappa shape index (κ2) is 12.1. The summed E-state index contributed by atoms with van der Waals surface area (Å²) in [7, 11) is 0. The van der Waals surface area contributed by atoms with Gasteiger partial charge in [0.25, 0.3) is 0 Å². The van der Waals surface area contributed by atoms with Crippen molar-refractivity contribution in [2.75, 3.05) is 26.2 Å². The number of amides is 1.